The van der Waals surface area contributed by atoms with Crippen molar-refractivity contribution in [2.75, 3.05) is 18.0 Å². The summed E-state index contributed by atoms with van der Waals surface area (Å²) in [7, 11) is 0. The van der Waals surface area contributed by atoms with Crippen molar-refractivity contribution in [3.05, 3.63) is 23.3 Å². The number of hydrogen-bond donors (Lipinski definition) is 2. The third kappa shape index (κ3) is 2.80. The average Bonchev–Trinajstić information content (AvgIpc) is 2.84. The van der Waals surface area contributed by atoms with Crippen LogP contribution in [0.2, 0.25) is 0 Å². The monoisotopic (exact) mass is 264 g/mol. The van der Waals surface area contributed by atoms with Gasteiger partial charge in [-0.3, -0.25) is 4.99 Å². The van der Waals surface area contributed by atoms with Gasteiger partial charge in [0.1, 0.15) is 5.75 Å². The quantitative estimate of drug-likeness (QED) is 0.820. The number of rotatable bonds is 4. The molecular weight excluding hydrogens is 244 g/mol. The minimum absolute atomic E-state index is 0.339. The molecule has 3 nitrogen and oxygen atoms in total. The zero-order valence-electron chi connectivity index (χ0n) is 10.9. The van der Waals surface area contributed by atoms with Gasteiger partial charge in [-0.25, -0.2) is 0 Å². The first-order valence-electron chi connectivity index (χ1n) is 6.34. The SMILES string of the molecule is CC(C)Cc1cc(CS)c(O)c(N2C=NCC2)c1. The van der Waals surface area contributed by atoms with Gasteiger partial charge in [-0.1, -0.05) is 19.9 Å². The van der Waals surface area contributed by atoms with Crippen molar-refractivity contribution in [3.8, 4) is 5.75 Å². The fourth-order valence-corrected chi connectivity index (χ4v) is 2.47. The summed E-state index contributed by atoms with van der Waals surface area (Å²) in [6.45, 7) is 6.03. The molecule has 18 heavy (non-hydrogen) atoms. The minimum atomic E-state index is 0.339. The Bertz CT molecular complexity index is 457. The number of aromatic hydroxyl groups is 1. The molecule has 0 saturated carbocycles. The van der Waals surface area contributed by atoms with Crippen LogP contribution in [0.4, 0.5) is 5.69 Å². The molecule has 0 unspecified atom stereocenters. The molecule has 0 saturated heterocycles. The van der Waals surface area contributed by atoms with Crippen molar-refractivity contribution in [2.45, 2.75) is 26.0 Å². The highest BCUT2D eigenvalue weighted by Gasteiger charge is 2.16. The maximum absolute atomic E-state index is 10.3. The van der Waals surface area contributed by atoms with Gasteiger partial charge in [0, 0.05) is 17.9 Å². The molecule has 1 aromatic carbocycles. The van der Waals surface area contributed by atoms with Gasteiger partial charge in [0.15, 0.2) is 0 Å². The van der Waals surface area contributed by atoms with E-state index < -0.39 is 0 Å². The normalized spacial score (nSPS) is 14.8. The van der Waals surface area contributed by atoms with Gasteiger partial charge in [-0.2, -0.15) is 12.6 Å². The van der Waals surface area contributed by atoms with E-state index in [-0.39, 0.29) is 0 Å². The number of benzene rings is 1. The molecule has 0 fully saturated rings. The van der Waals surface area contributed by atoms with E-state index in [4.69, 9.17) is 0 Å². The van der Waals surface area contributed by atoms with Crippen LogP contribution in [0.1, 0.15) is 25.0 Å². The lowest BCUT2D eigenvalue weighted by Gasteiger charge is -2.19. The second-order valence-electron chi connectivity index (χ2n) is 5.09. The van der Waals surface area contributed by atoms with E-state index in [0.717, 1.165) is 30.8 Å². The summed E-state index contributed by atoms with van der Waals surface area (Å²) in [5.74, 6) is 1.49. The molecule has 0 radical (unpaired) electrons. The van der Waals surface area contributed by atoms with E-state index in [1.807, 2.05) is 4.90 Å². The summed E-state index contributed by atoms with van der Waals surface area (Å²) in [5.41, 5.74) is 3.01. The Labute approximate surface area is 114 Å². The highest BCUT2D eigenvalue weighted by molar-refractivity contribution is 7.79. The first-order valence-corrected chi connectivity index (χ1v) is 6.97. The number of phenols is 1. The van der Waals surface area contributed by atoms with Crippen LogP contribution in [0.25, 0.3) is 0 Å². The molecule has 1 aliphatic rings. The molecule has 1 N–H and O–H groups in total. The predicted molar refractivity (Wildman–Crippen MR) is 80.0 cm³/mol. The number of aliphatic imine (C=N–C) groups is 1. The molecule has 0 atom stereocenters. The van der Waals surface area contributed by atoms with Crippen molar-refractivity contribution in [1.29, 1.82) is 0 Å². The van der Waals surface area contributed by atoms with E-state index in [2.05, 4.69) is 43.6 Å². The van der Waals surface area contributed by atoms with Crippen LogP contribution in [0, 0.1) is 5.92 Å². The lowest BCUT2D eigenvalue weighted by molar-refractivity contribution is 0.471. The predicted octanol–water partition coefficient (Wildman–Crippen LogP) is 2.87. The molecule has 0 aliphatic carbocycles. The smallest absolute Gasteiger partial charge is 0.143 e. The third-order valence-corrected chi connectivity index (χ3v) is 3.38. The summed E-state index contributed by atoms with van der Waals surface area (Å²) in [4.78, 5) is 6.21. The molecule has 0 amide bonds. The minimum Gasteiger partial charge on any atom is -0.505 e. The second-order valence-corrected chi connectivity index (χ2v) is 5.41. The van der Waals surface area contributed by atoms with Gasteiger partial charge in [0.25, 0.3) is 0 Å². The van der Waals surface area contributed by atoms with Crippen LogP contribution in [-0.2, 0) is 12.2 Å². The van der Waals surface area contributed by atoms with E-state index in [1.54, 1.807) is 6.34 Å². The molecule has 0 spiro atoms. The van der Waals surface area contributed by atoms with Crippen LogP contribution in [-0.4, -0.2) is 24.5 Å². The molecular formula is C14H20N2OS. The van der Waals surface area contributed by atoms with Gasteiger partial charge >= 0.3 is 0 Å². The zero-order chi connectivity index (χ0) is 13.1. The molecule has 0 aromatic heterocycles. The van der Waals surface area contributed by atoms with Crippen molar-refractivity contribution < 1.29 is 5.11 Å². The molecule has 2 rings (SSSR count). The molecule has 1 heterocycles. The number of phenolic OH excluding ortho intramolecular Hbond substituents is 1. The van der Waals surface area contributed by atoms with Crippen molar-refractivity contribution in [1.82, 2.24) is 0 Å². The largest absolute Gasteiger partial charge is 0.505 e. The number of nitrogens with zero attached hydrogens (tertiary/aromatic N) is 2. The maximum atomic E-state index is 10.3. The summed E-state index contributed by atoms with van der Waals surface area (Å²) in [6.07, 6.45) is 2.82. The Hall–Kier alpha value is -1.16. The van der Waals surface area contributed by atoms with Crippen molar-refractivity contribution in [3.63, 3.8) is 0 Å². The van der Waals surface area contributed by atoms with E-state index in [1.165, 1.54) is 5.56 Å². The summed E-state index contributed by atoms with van der Waals surface area (Å²) in [5, 5.41) is 10.3. The van der Waals surface area contributed by atoms with Crippen LogP contribution >= 0.6 is 12.6 Å². The summed E-state index contributed by atoms with van der Waals surface area (Å²) < 4.78 is 0. The highest BCUT2D eigenvalue weighted by atomic mass is 32.1. The first kappa shape index (κ1) is 13.3. The standard InChI is InChI=1S/C14H20N2OS/c1-10(2)5-11-6-12(8-18)14(17)13(7-11)16-4-3-15-9-16/h6-7,9-10,17-18H,3-5,8H2,1-2H3. The molecule has 4 heteroatoms. The molecule has 1 aromatic rings. The van der Waals surface area contributed by atoms with Gasteiger partial charge in [-0.05, 0) is 24.0 Å². The summed E-state index contributed by atoms with van der Waals surface area (Å²) in [6, 6.07) is 4.12. The topological polar surface area (TPSA) is 35.8 Å². The Morgan fingerprint density at radius 2 is 2.22 bits per heavy atom. The van der Waals surface area contributed by atoms with Crippen molar-refractivity contribution in [2.24, 2.45) is 10.9 Å². The second kappa shape index (κ2) is 5.65. The van der Waals surface area contributed by atoms with Gasteiger partial charge in [-0.15, -0.1) is 0 Å². The van der Waals surface area contributed by atoms with E-state index in [0.29, 0.717) is 17.4 Å². The fourth-order valence-electron chi connectivity index (χ4n) is 2.23. The summed E-state index contributed by atoms with van der Waals surface area (Å²) >= 11 is 4.30. The Morgan fingerprint density at radius 1 is 1.44 bits per heavy atom. The van der Waals surface area contributed by atoms with Gasteiger partial charge in [0.05, 0.1) is 18.6 Å². The first-order chi connectivity index (χ1) is 8.61. The van der Waals surface area contributed by atoms with Crippen LogP contribution in [0.15, 0.2) is 17.1 Å². The van der Waals surface area contributed by atoms with Crippen LogP contribution in [0.5, 0.6) is 5.75 Å². The molecule has 1 aliphatic heterocycles. The number of thiol groups is 1. The van der Waals surface area contributed by atoms with Crippen molar-refractivity contribution >= 4 is 24.7 Å². The lowest BCUT2D eigenvalue weighted by atomic mass is 9.99. The van der Waals surface area contributed by atoms with Gasteiger partial charge in [0.2, 0.25) is 0 Å². The Balaban J connectivity index is 2.39. The van der Waals surface area contributed by atoms with Gasteiger partial charge < -0.3 is 10.0 Å². The molecule has 98 valence electrons. The zero-order valence-corrected chi connectivity index (χ0v) is 11.8. The molecule has 0 bridgehead atoms. The Morgan fingerprint density at radius 3 is 2.78 bits per heavy atom. The Kier molecular flexibility index (Phi) is 4.17. The van der Waals surface area contributed by atoms with Crippen LogP contribution < -0.4 is 4.90 Å². The third-order valence-electron chi connectivity index (χ3n) is 3.04. The number of anilines is 1. The van der Waals surface area contributed by atoms with E-state index >= 15 is 0 Å². The van der Waals surface area contributed by atoms with E-state index in [9.17, 15) is 5.11 Å². The average molecular weight is 264 g/mol. The fraction of sp³-hybridized carbons (Fsp3) is 0.500. The maximum Gasteiger partial charge on any atom is 0.143 e. The number of hydrogen-bond acceptors (Lipinski definition) is 4. The lowest BCUT2D eigenvalue weighted by Crippen LogP contribution is -2.19. The van der Waals surface area contributed by atoms with Crippen LogP contribution in [0.3, 0.4) is 0 Å². The highest BCUT2D eigenvalue weighted by Crippen LogP contribution is 2.34.